The number of anilines is 1. The molecule has 0 heterocycles. The largest absolute Gasteiger partial charge is 0.381 e. The molecule has 0 aliphatic carbocycles. The summed E-state index contributed by atoms with van der Waals surface area (Å²) in [6.45, 7) is 1.84. The lowest BCUT2D eigenvalue weighted by Gasteiger charge is -2.10. The molecular weight excluding hydrogens is 258 g/mol. The first-order valence-electron chi connectivity index (χ1n) is 5.61. The van der Waals surface area contributed by atoms with E-state index in [4.69, 9.17) is 0 Å². The molecule has 2 rings (SSSR count). The molecular formula is C14H11F4N. The van der Waals surface area contributed by atoms with E-state index in [-0.39, 0.29) is 12.1 Å². The number of rotatable bonds is 3. The minimum atomic E-state index is -1.49. The predicted octanol–water partition coefficient (Wildman–Crippen LogP) is 4.16. The van der Waals surface area contributed by atoms with Crippen molar-refractivity contribution < 1.29 is 17.6 Å². The average Bonchev–Trinajstić information content (AvgIpc) is 2.37. The Bertz CT molecular complexity index is 587. The summed E-state index contributed by atoms with van der Waals surface area (Å²) >= 11 is 0. The highest BCUT2D eigenvalue weighted by Gasteiger charge is 2.10. The van der Waals surface area contributed by atoms with Crippen molar-refractivity contribution >= 4 is 5.69 Å². The van der Waals surface area contributed by atoms with Crippen LogP contribution in [0.2, 0.25) is 0 Å². The van der Waals surface area contributed by atoms with E-state index in [0.29, 0.717) is 5.69 Å². The molecule has 0 amide bonds. The van der Waals surface area contributed by atoms with Crippen LogP contribution in [0.4, 0.5) is 23.2 Å². The molecule has 0 atom stereocenters. The zero-order chi connectivity index (χ0) is 14.0. The molecule has 1 N–H and O–H groups in total. The van der Waals surface area contributed by atoms with Crippen molar-refractivity contribution in [3.63, 3.8) is 0 Å². The second-order valence-electron chi connectivity index (χ2n) is 4.19. The van der Waals surface area contributed by atoms with Gasteiger partial charge in [-0.15, -0.1) is 0 Å². The van der Waals surface area contributed by atoms with Gasteiger partial charge in [0.15, 0.2) is 17.5 Å². The molecule has 0 saturated heterocycles. The van der Waals surface area contributed by atoms with Crippen molar-refractivity contribution in [3.8, 4) is 0 Å². The molecule has 100 valence electrons. The van der Waals surface area contributed by atoms with Crippen LogP contribution in [-0.2, 0) is 6.54 Å². The van der Waals surface area contributed by atoms with E-state index in [2.05, 4.69) is 5.32 Å². The summed E-state index contributed by atoms with van der Waals surface area (Å²) in [5, 5.41) is 2.85. The van der Waals surface area contributed by atoms with Crippen LogP contribution in [0.15, 0.2) is 30.3 Å². The number of aryl methyl sites for hydroxylation is 1. The van der Waals surface area contributed by atoms with Gasteiger partial charge in [0, 0.05) is 12.2 Å². The van der Waals surface area contributed by atoms with Crippen LogP contribution in [0.1, 0.15) is 11.1 Å². The highest BCUT2D eigenvalue weighted by Crippen LogP contribution is 2.18. The molecule has 0 spiro atoms. The summed E-state index contributed by atoms with van der Waals surface area (Å²) in [7, 11) is 0. The van der Waals surface area contributed by atoms with Crippen molar-refractivity contribution in [3.05, 3.63) is 64.7 Å². The van der Waals surface area contributed by atoms with Gasteiger partial charge in [0.05, 0.1) is 0 Å². The average molecular weight is 269 g/mol. The Hall–Kier alpha value is -2.04. The summed E-state index contributed by atoms with van der Waals surface area (Å²) < 4.78 is 51.8. The standard InChI is InChI=1S/C14H11F4N/c1-8-2-3-10(15)6-13(8)19-7-9-4-11(16)14(18)12(17)5-9/h2-6,19H,7H2,1H3. The van der Waals surface area contributed by atoms with Crippen LogP contribution < -0.4 is 5.32 Å². The van der Waals surface area contributed by atoms with Crippen molar-refractivity contribution in [2.75, 3.05) is 5.32 Å². The first-order valence-corrected chi connectivity index (χ1v) is 5.61. The smallest absolute Gasteiger partial charge is 0.194 e. The van der Waals surface area contributed by atoms with Crippen LogP contribution in [0, 0.1) is 30.2 Å². The fraction of sp³-hybridized carbons (Fsp3) is 0.143. The second-order valence-corrected chi connectivity index (χ2v) is 4.19. The lowest BCUT2D eigenvalue weighted by atomic mass is 10.1. The minimum Gasteiger partial charge on any atom is -0.381 e. The van der Waals surface area contributed by atoms with Gasteiger partial charge >= 0.3 is 0 Å². The molecule has 0 aliphatic rings. The van der Waals surface area contributed by atoms with Gasteiger partial charge in [-0.05, 0) is 42.3 Å². The molecule has 0 bridgehead atoms. The second kappa shape index (κ2) is 5.30. The first kappa shape index (κ1) is 13.4. The Morgan fingerprint density at radius 1 is 0.947 bits per heavy atom. The molecule has 1 nitrogen and oxygen atoms in total. The molecule has 0 aliphatic heterocycles. The van der Waals surface area contributed by atoms with Crippen LogP contribution in [0.5, 0.6) is 0 Å². The van der Waals surface area contributed by atoms with E-state index >= 15 is 0 Å². The Kier molecular flexibility index (Phi) is 3.74. The summed E-state index contributed by atoms with van der Waals surface area (Å²) in [6, 6.07) is 5.99. The maximum absolute atomic E-state index is 13.0. The summed E-state index contributed by atoms with van der Waals surface area (Å²) in [4.78, 5) is 0. The maximum Gasteiger partial charge on any atom is 0.194 e. The van der Waals surface area contributed by atoms with E-state index in [1.807, 2.05) is 0 Å². The third-order valence-corrected chi connectivity index (χ3v) is 2.73. The van der Waals surface area contributed by atoms with Gasteiger partial charge in [-0.25, -0.2) is 17.6 Å². The van der Waals surface area contributed by atoms with Crippen LogP contribution in [0.25, 0.3) is 0 Å². The van der Waals surface area contributed by atoms with Gasteiger partial charge in [0.1, 0.15) is 5.82 Å². The number of hydrogen-bond donors (Lipinski definition) is 1. The van der Waals surface area contributed by atoms with Crippen molar-refractivity contribution in [1.82, 2.24) is 0 Å². The lowest BCUT2D eigenvalue weighted by molar-refractivity contribution is 0.445. The fourth-order valence-electron chi connectivity index (χ4n) is 1.69. The van der Waals surface area contributed by atoms with Crippen molar-refractivity contribution in [2.45, 2.75) is 13.5 Å². The monoisotopic (exact) mass is 269 g/mol. The lowest BCUT2D eigenvalue weighted by Crippen LogP contribution is -2.03. The van der Waals surface area contributed by atoms with Gasteiger partial charge in [0.25, 0.3) is 0 Å². The number of benzene rings is 2. The van der Waals surface area contributed by atoms with Gasteiger partial charge in [-0.3, -0.25) is 0 Å². The molecule has 5 heteroatoms. The number of halogens is 4. The van der Waals surface area contributed by atoms with E-state index in [0.717, 1.165) is 17.7 Å². The van der Waals surface area contributed by atoms with E-state index < -0.39 is 23.3 Å². The highest BCUT2D eigenvalue weighted by atomic mass is 19.2. The van der Waals surface area contributed by atoms with Crippen molar-refractivity contribution in [2.24, 2.45) is 0 Å². The van der Waals surface area contributed by atoms with E-state index in [1.54, 1.807) is 13.0 Å². The van der Waals surface area contributed by atoms with Crippen LogP contribution in [0.3, 0.4) is 0 Å². The summed E-state index contributed by atoms with van der Waals surface area (Å²) in [5.41, 5.74) is 1.55. The third kappa shape index (κ3) is 3.05. The van der Waals surface area contributed by atoms with Gasteiger partial charge in [-0.2, -0.15) is 0 Å². The van der Waals surface area contributed by atoms with Crippen LogP contribution in [-0.4, -0.2) is 0 Å². The van der Waals surface area contributed by atoms with Gasteiger partial charge in [-0.1, -0.05) is 6.07 Å². The molecule has 2 aromatic rings. The third-order valence-electron chi connectivity index (χ3n) is 2.73. The topological polar surface area (TPSA) is 12.0 Å². The Morgan fingerprint density at radius 3 is 2.21 bits per heavy atom. The quantitative estimate of drug-likeness (QED) is 0.651. The normalized spacial score (nSPS) is 10.6. The number of nitrogens with one attached hydrogen (secondary N) is 1. The van der Waals surface area contributed by atoms with E-state index in [1.165, 1.54) is 12.1 Å². The highest BCUT2D eigenvalue weighted by molar-refractivity contribution is 5.51. The molecule has 0 aromatic heterocycles. The molecule has 0 saturated carbocycles. The predicted molar refractivity (Wildman–Crippen MR) is 64.8 cm³/mol. The van der Waals surface area contributed by atoms with Gasteiger partial charge in [0.2, 0.25) is 0 Å². The molecule has 0 fully saturated rings. The van der Waals surface area contributed by atoms with Crippen molar-refractivity contribution in [1.29, 1.82) is 0 Å². The zero-order valence-electron chi connectivity index (χ0n) is 10.1. The Labute approximate surface area is 107 Å². The van der Waals surface area contributed by atoms with Crippen LogP contribution >= 0.6 is 0 Å². The summed E-state index contributed by atoms with van der Waals surface area (Å²) in [6.07, 6.45) is 0. The Balaban J connectivity index is 2.17. The number of hydrogen-bond acceptors (Lipinski definition) is 1. The van der Waals surface area contributed by atoms with E-state index in [9.17, 15) is 17.6 Å². The molecule has 0 unspecified atom stereocenters. The first-order chi connectivity index (χ1) is 8.97. The zero-order valence-corrected chi connectivity index (χ0v) is 10.1. The fourth-order valence-corrected chi connectivity index (χ4v) is 1.69. The molecule has 19 heavy (non-hydrogen) atoms. The minimum absolute atomic E-state index is 0.0679. The van der Waals surface area contributed by atoms with Gasteiger partial charge < -0.3 is 5.32 Å². The molecule has 0 radical (unpaired) electrons. The Morgan fingerprint density at radius 2 is 1.58 bits per heavy atom. The maximum atomic E-state index is 13.0. The molecule has 2 aromatic carbocycles. The summed E-state index contributed by atoms with van der Waals surface area (Å²) in [5.74, 6) is -4.39. The SMILES string of the molecule is Cc1ccc(F)cc1NCc1cc(F)c(F)c(F)c1.